The topological polar surface area (TPSA) is 12.0 Å². The zero-order valence-electron chi connectivity index (χ0n) is 11.0. The Kier molecular flexibility index (Phi) is 4.97. The van der Waals surface area contributed by atoms with Gasteiger partial charge >= 0.3 is 0 Å². The van der Waals surface area contributed by atoms with Gasteiger partial charge < -0.3 is 5.32 Å². The zero-order chi connectivity index (χ0) is 13.8. The van der Waals surface area contributed by atoms with Crippen molar-refractivity contribution in [1.82, 2.24) is 5.32 Å². The van der Waals surface area contributed by atoms with E-state index in [-0.39, 0.29) is 16.9 Å². The lowest BCUT2D eigenvalue weighted by Gasteiger charge is -2.15. The standard InChI is InChI=1S/C15H17ClFNS/c1-3-11-5-7-15(19-11)14(18-2)9-10-4-6-13(17)12(16)8-10/h4-8,14,18H,3,9H2,1-2H3. The van der Waals surface area contributed by atoms with Crippen LogP contribution in [0.3, 0.4) is 0 Å². The second-order valence-corrected chi connectivity index (χ2v) is 6.06. The molecule has 1 unspecified atom stereocenters. The lowest BCUT2D eigenvalue weighted by molar-refractivity contribution is 0.598. The Morgan fingerprint density at radius 3 is 2.68 bits per heavy atom. The molecular formula is C15H17ClFNS. The Balaban J connectivity index is 2.16. The smallest absolute Gasteiger partial charge is 0.141 e. The zero-order valence-corrected chi connectivity index (χ0v) is 12.6. The molecule has 0 aliphatic carbocycles. The van der Waals surface area contributed by atoms with Crippen LogP contribution in [-0.2, 0) is 12.8 Å². The molecule has 4 heteroatoms. The molecule has 1 aromatic carbocycles. The van der Waals surface area contributed by atoms with Gasteiger partial charge in [0.05, 0.1) is 5.02 Å². The highest BCUT2D eigenvalue weighted by Crippen LogP contribution is 2.27. The summed E-state index contributed by atoms with van der Waals surface area (Å²) in [7, 11) is 1.95. The fourth-order valence-corrected chi connectivity index (χ4v) is 3.28. The van der Waals surface area contributed by atoms with Gasteiger partial charge in [-0.2, -0.15) is 0 Å². The number of hydrogen-bond acceptors (Lipinski definition) is 2. The molecule has 1 nitrogen and oxygen atoms in total. The third kappa shape index (κ3) is 3.56. The average molecular weight is 298 g/mol. The van der Waals surface area contributed by atoms with Crippen LogP contribution < -0.4 is 5.32 Å². The first-order valence-corrected chi connectivity index (χ1v) is 7.53. The third-order valence-corrected chi connectivity index (χ3v) is 4.78. The van der Waals surface area contributed by atoms with Crippen molar-refractivity contribution < 1.29 is 4.39 Å². The van der Waals surface area contributed by atoms with Gasteiger partial charge in [0.25, 0.3) is 0 Å². The molecule has 102 valence electrons. The van der Waals surface area contributed by atoms with Crippen molar-refractivity contribution in [3.05, 3.63) is 56.5 Å². The van der Waals surface area contributed by atoms with Crippen molar-refractivity contribution >= 4 is 22.9 Å². The quantitative estimate of drug-likeness (QED) is 0.850. The van der Waals surface area contributed by atoms with Gasteiger partial charge in [-0.05, 0) is 49.7 Å². The highest BCUT2D eigenvalue weighted by molar-refractivity contribution is 7.12. The summed E-state index contributed by atoms with van der Waals surface area (Å²) < 4.78 is 13.1. The number of thiophene rings is 1. The molecule has 0 aliphatic rings. The molecule has 0 aliphatic heterocycles. The highest BCUT2D eigenvalue weighted by Gasteiger charge is 2.13. The summed E-state index contributed by atoms with van der Waals surface area (Å²) in [6.07, 6.45) is 1.86. The number of rotatable bonds is 5. The summed E-state index contributed by atoms with van der Waals surface area (Å²) in [6.45, 7) is 2.16. The Labute approximate surface area is 122 Å². The minimum absolute atomic E-state index is 0.188. The Morgan fingerprint density at radius 1 is 1.32 bits per heavy atom. The van der Waals surface area contributed by atoms with E-state index in [1.807, 2.05) is 18.4 Å². The molecule has 1 heterocycles. The monoisotopic (exact) mass is 297 g/mol. The number of hydrogen-bond donors (Lipinski definition) is 1. The number of benzene rings is 1. The average Bonchev–Trinajstić information content (AvgIpc) is 2.88. The van der Waals surface area contributed by atoms with Crippen LogP contribution in [0.1, 0.15) is 28.3 Å². The predicted molar refractivity (Wildman–Crippen MR) is 80.6 cm³/mol. The van der Waals surface area contributed by atoms with E-state index in [1.165, 1.54) is 15.8 Å². The summed E-state index contributed by atoms with van der Waals surface area (Å²) >= 11 is 7.64. The van der Waals surface area contributed by atoms with Gasteiger partial charge in [0, 0.05) is 15.8 Å². The van der Waals surface area contributed by atoms with Crippen molar-refractivity contribution in [2.24, 2.45) is 0 Å². The van der Waals surface area contributed by atoms with Crippen molar-refractivity contribution in [3.8, 4) is 0 Å². The minimum Gasteiger partial charge on any atom is -0.312 e. The Hall–Kier alpha value is -0.900. The van der Waals surface area contributed by atoms with Crippen molar-refractivity contribution in [1.29, 1.82) is 0 Å². The SMILES string of the molecule is CCc1ccc(C(Cc2ccc(F)c(Cl)c2)NC)s1. The van der Waals surface area contributed by atoms with E-state index in [2.05, 4.69) is 24.4 Å². The van der Waals surface area contributed by atoms with E-state index in [0.29, 0.717) is 0 Å². The molecule has 0 spiro atoms. The van der Waals surface area contributed by atoms with E-state index in [0.717, 1.165) is 18.4 Å². The number of halogens is 2. The predicted octanol–water partition coefficient (Wildman–Crippen LogP) is 4.61. The summed E-state index contributed by atoms with van der Waals surface area (Å²) in [5.41, 5.74) is 1.04. The molecule has 0 radical (unpaired) electrons. The normalized spacial score (nSPS) is 12.6. The number of likely N-dealkylation sites (N-methyl/N-ethyl adjacent to an activating group) is 1. The maximum atomic E-state index is 13.1. The molecule has 19 heavy (non-hydrogen) atoms. The van der Waals surface area contributed by atoms with Crippen LogP contribution in [0.5, 0.6) is 0 Å². The third-order valence-electron chi connectivity index (χ3n) is 3.15. The molecule has 2 aromatic rings. The second kappa shape index (κ2) is 6.51. The largest absolute Gasteiger partial charge is 0.312 e. The van der Waals surface area contributed by atoms with Crippen LogP contribution in [0.15, 0.2) is 30.3 Å². The van der Waals surface area contributed by atoms with Crippen molar-refractivity contribution in [3.63, 3.8) is 0 Å². The molecule has 0 fully saturated rings. The Bertz CT molecular complexity index is 553. The van der Waals surface area contributed by atoms with Gasteiger partial charge in [0.1, 0.15) is 5.82 Å². The summed E-state index contributed by atoms with van der Waals surface area (Å²) in [5, 5.41) is 3.50. The van der Waals surface area contributed by atoms with E-state index in [4.69, 9.17) is 11.6 Å². The molecule has 0 saturated carbocycles. The van der Waals surface area contributed by atoms with Crippen LogP contribution in [-0.4, -0.2) is 7.05 Å². The van der Waals surface area contributed by atoms with E-state index in [9.17, 15) is 4.39 Å². The van der Waals surface area contributed by atoms with Crippen molar-refractivity contribution in [2.75, 3.05) is 7.05 Å². The highest BCUT2D eigenvalue weighted by atomic mass is 35.5. The fourth-order valence-electron chi connectivity index (χ4n) is 2.02. The van der Waals surface area contributed by atoms with E-state index in [1.54, 1.807) is 12.1 Å². The molecule has 0 saturated heterocycles. The second-order valence-electron chi connectivity index (χ2n) is 4.45. The first kappa shape index (κ1) is 14.5. The first-order chi connectivity index (χ1) is 9.13. The summed E-state index contributed by atoms with van der Waals surface area (Å²) in [5.74, 6) is -0.365. The minimum atomic E-state index is -0.365. The summed E-state index contributed by atoms with van der Waals surface area (Å²) in [4.78, 5) is 2.69. The molecule has 2 rings (SSSR count). The molecule has 0 amide bonds. The molecule has 1 N–H and O–H groups in total. The number of aryl methyl sites for hydroxylation is 1. The van der Waals surface area contributed by atoms with Gasteiger partial charge in [-0.15, -0.1) is 11.3 Å². The van der Waals surface area contributed by atoms with Crippen molar-refractivity contribution in [2.45, 2.75) is 25.8 Å². The first-order valence-electron chi connectivity index (χ1n) is 6.33. The number of nitrogens with one attached hydrogen (secondary N) is 1. The van der Waals surface area contributed by atoms with Gasteiger partial charge in [-0.25, -0.2) is 4.39 Å². The van der Waals surface area contributed by atoms with Crippen LogP contribution in [0.25, 0.3) is 0 Å². The van der Waals surface area contributed by atoms with Crippen LogP contribution in [0.4, 0.5) is 4.39 Å². The van der Waals surface area contributed by atoms with E-state index < -0.39 is 0 Å². The maximum absolute atomic E-state index is 13.1. The molecule has 1 aromatic heterocycles. The lowest BCUT2D eigenvalue weighted by Crippen LogP contribution is -2.17. The summed E-state index contributed by atoms with van der Waals surface area (Å²) in [6, 6.07) is 9.50. The van der Waals surface area contributed by atoms with Gasteiger partial charge in [0.2, 0.25) is 0 Å². The molecular weight excluding hydrogens is 281 g/mol. The van der Waals surface area contributed by atoms with Gasteiger partial charge in [0.15, 0.2) is 0 Å². The van der Waals surface area contributed by atoms with Crippen LogP contribution in [0.2, 0.25) is 5.02 Å². The van der Waals surface area contributed by atoms with Gasteiger partial charge in [-0.1, -0.05) is 24.6 Å². The fraction of sp³-hybridized carbons (Fsp3) is 0.333. The Morgan fingerprint density at radius 2 is 2.11 bits per heavy atom. The van der Waals surface area contributed by atoms with Gasteiger partial charge in [-0.3, -0.25) is 0 Å². The maximum Gasteiger partial charge on any atom is 0.141 e. The van der Waals surface area contributed by atoms with E-state index >= 15 is 0 Å². The molecule has 1 atom stereocenters. The molecule has 0 bridgehead atoms. The van der Waals surface area contributed by atoms with Crippen LogP contribution in [0, 0.1) is 5.82 Å². The van der Waals surface area contributed by atoms with Crippen LogP contribution >= 0.6 is 22.9 Å². The lowest BCUT2D eigenvalue weighted by atomic mass is 10.0.